The fourth-order valence-corrected chi connectivity index (χ4v) is 1.38. The Morgan fingerprint density at radius 2 is 2.07 bits per heavy atom. The Hall–Kier alpha value is -1.11. The molecular weight excluding hydrogens is 263 g/mol. The van der Waals surface area contributed by atoms with E-state index in [2.05, 4.69) is 25.9 Å². The predicted molar refractivity (Wildman–Crippen MR) is 45.7 cm³/mol. The van der Waals surface area contributed by atoms with Gasteiger partial charge in [-0.05, 0) is 22.0 Å². The zero-order valence-corrected chi connectivity index (χ0v) is 8.17. The molecule has 0 bridgehead atoms. The third-order valence-electron chi connectivity index (χ3n) is 1.62. The molecule has 0 unspecified atom stereocenters. The van der Waals surface area contributed by atoms with Crippen LogP contribution in [-0.4, -0.2) is 14.4 Å². The molecule has 0 saturated carbocycles. The zero-order valence-electron chi connectivity index (χ0n) is 6.59. The Kier molecular flexibility index (Phi) is 1.99. The van der Waals surface area contributed by atoms with Gasteiger partial charge in [0, 0.05) is 6.20 Å². The van der Waals surface area contributed by atoms with Crippen molar-refractivity contribution < 1.29 is 13.2 Å². The maximum atomic E-state index is 12.2. The molecule has 7 heteroatoms. The molecule has 0 aromatic carbocycles. The second kappa shape index (κ2) is 2.94. The second-order valence-corrected chi connectivity index (χ2v) is 3.37. The van der Waals surface area contributed by atoms with Crippen LogP contribution in [0.5, 0.6) is 0 Å². The summed E-state index contributed by atoms with van der Waals surface area (Å²) in [6.45, 7) is 0. The Bertz CT molecular complexity index is 476. The van der Waals surface area contributed by atoms with E-state index < -0.39 is 11.9 Å². The van der Waals surface area contributed by atoms with Crippen LogP contribution in [0.3, 0.4) is 0 Å². The van der Waals surface area contributed by atoms with Crippen LogP contribution in [-0.2, 0) is 6.18 Å². The molecule has 3 nitrogen and oxygen atoms in total. The summed E-state index contributed by atoms with van der Waals surface area (Å²) >= 11 is 3.12. The van der Waals surface area contributed by atoms with E-state index in [9.17, 15) is 13.2 Å². The molecule has 0 amide bonds. The summed E-state index contributed by atoms with van der Waals surface area (Å²) in [5, 5.41) is 0. The first-order chi connectivity index (χ1) is 6.48. The number of alkyl halides is 3. The summed E-state index contributed by atoms with van der Waals surface area (Å²) in [4.78, 5) is 7.06. The summed E-state index contributed by atoms with van der Waals surface area (Å²) in [6, 6.07) is 0.902. The molecule has 2 rings (SSSR count). The van der Waals surface area contributed by atoms with Crippen LogP contribution in [0.1, 0.15) is 5.69 Å². The Labute approximate surface area is 84.7 Å². The van der Waals surface area contributed by atoms with Crippen molar-refractivity contribution >= 4 is 21.7 Å². The van der Waals surface area contributed by atoms with Crippen LogP contribution >= 0.6 is 15.9 Å². The van der Waals surface area contributed by atoms with Gasteiger partial charge in [0.05, 0.1) is 6.20 Å². The SMILES string of the molecule is FC(F)(F)c1ccn2c(Br)cnc2n1. The van der Waals surface area contributed by atoms with E-state index in [1.54, 1.807) is 0 Å². The lowest BCUT2D eigenvalue weighted by atomic mass is 10.4. The maximum absolute atomic E-state index is 12.2. The Morgan fingerprint density at radius 1 is 1.36 bits per heavy atom. The number of aromatic nitrogens is 3. The second-order valence-electron chi connectivity index (χ2n) is 2.56. The van der Waals surface area contributed by atoms with E-state index in [4.69, 9.17) is 0 Å². The predicted octanol–water partition coefficient (Wildman–Crippen LogP) is 2.51. The summed E-state index contributed by atoms with van der Waals surface area (Å²) in [5.74, 6) is 0.0201. The number of halogens is 4. The fraction of sp³-hybridized carbons (Fsp3) is 0.143. The molecule has 0 aliphatic carbocycles. The van der Waals surface area contributed by atoms with E-state index >= 15 is 0 Å². The molecule has 2 aromatic heterocycles. The van der Waals surface area contributed by atoms with E-state index in [1.807, 2.05) is 0 Å². The molecule has 2 heterocycles. The molecule has 0 saturated heterocycles. The molecular formula is C7H3BrF3N3. The van der Waals surface area contributed by atoms with Gasteiger partial charge in [0.2, 0.25) is 5.78 Å². The van der Waals surface area contributed by atoms with Crippen LogP contribution < -0.4 is 0 Å². The van der Waals surface area contributed by atoms with Crippen LogP contribution in [0.15, 0.2) is 23.1 Å². The summed E-state index contributed by atoms with van der Waals surface area (Å²) in [7, 11) is 0. The third kappa shape index (κ3) is 1.47. The van der Waals surface area contributed by atoms with Gasteiger partial charge in [0.25, 0.3) is 0 Å². The lowest BCUT2D eigenvalue weighted by Gasteiger charge is -2.04. The molecule has 0 atom stereocenters. The average Bonchev–Trinajstić information content (AvgIpc) is 2.46. The third-order valence-corrected chi connectivity index (χ3v) is 2.21. The Morgan fingerprint density at radius 3 is 2.71 bits per heavy atom. The van der Waals surface area contributed by atoms with Crippen molar-refractivity contribution in [3.63, 3.8) is 0 Å². The van der Waals surface area contributed by atoms with Gasteiger partial charge in [-0.3, -0.25) is 4.40 Å². The molecule has 2 aromatic rings. The van der Waals surface area contributed by atoms with E-state index in [-0.39, 0.29) is 5.78 Å². The van der Waals surface area contributed by atoms with Crippen molar-refractivity contribution in [1.82, 2.24) is 14.4 Å². The minimum Gasteiger partial charge on any atom is -0.278 e. The van der Waals surface area contributed by atoms with Crippen molar-refractivity contribution in [3.05, 3.63) is 28.8 Å². The van der Waals surface area contributed by atoms with Gasteiger partial charge in [-0.1, -0.05) is 0 Å². The summed E-state index contributed by atoms with van der Waals surface area (Å²) in [6.07, 6.45) is -1.77. The number of fused-ring (bicyclic) bond motifs is 1. The molecule has 0 spiro atoms. The van der Waals surface area contributed by atoms with Crippen molar-refractivity contribution in [3.8, 4) is 0 Å². The van der Waals surface area contributed by atoms with Gasteiger partial charge in [-0.25, -0.2) is 9.97 Å². The highest BCUT2D eigenvalue weighted by Crippen LogP contribution is 2.27. The fourth-order valence-electron chi connectivity index (χ4n) is 1.000. The highest BCUT2D eigenvalue weighted by atomic mass is 79.9. The standard InChI is InChI=1S/C7H3BrF3N3/c8-5-3-12-6-13-4(7(9,10)11)1-2-14(5)6/h1-3H. The smallest absolute Gasteiger partial charge is 0.278 e. The topological polar surface area (TPSA) is 30.2 Å². The zero-order chi connectivity index (χ0) is 10.3. The number of hydrogen-bond acceptors (Lipinski definition) is 2. The van der Waals surface area contributed by atoms with Gasteiger partial charge in [0.15, 0.2) is 0 Å². The highest BCUT2D eigenvalue weighted by Gasteiger charge is 2.32. The highest BCUT2D eigenvalue weighted by molar-refractivity contribution is 9.10. The van der Waals surface area contributed by atoms with Gasteiger partial charge < -0.3 is 0 Å². The number of hydrogen-bond donors (Lipinski definition) is 0. The van der Waals surface area contributed by atoms with Gasteiger partial charge >= 0.3 is 6.18 Å². The average molecular weight is 266 g/mol. The quantitative estimate of drug-likeness (QED) is 0.733. The lowest BCUT2D eigenvalue weighted by molar-refractivity contribution is -0.141. The van der Waals surface area contributed by atoms with E-state index in [0.29, 0.717) is 4.60 Å². The largest absolute Gasteiger partial charge is 0.433 e. The molecule has 0 N–H and O–H groups in total. The van der Waals surface area contributed by atoms with Crippen LogP contribution in [0.2, 0.25) is 0 Å². The van der Waals surface area contributed by atoms with Crippen molar-refractivity contribution in [2.75, 3.05) is 0 Å². The minimum atomic E-state index is -4.43. The van der Waals surface area contributed by atoms with Crippen molar-refractivity contribution in [1.29, 1.82) is 0 Å². The lowest BCUT2D eigenvalue weighted by Crippen LogP contribution is -2.08. The first-order valence-corrected chi connectivity index (χ1v) is 4.34. The van der Waals surface area contributed by atoms with Crippen molar-refractivity contribution in [2.45, 2.75) is 6.18 Å². The van der Waals surface area contributed by atoms with Gasteiger partial charge in [-0.2, -0.15) is 13.2 Å². The first kappa shape index (κ1) is 9.45. The molecule has 0 aliphatic rings. The minimum absolute atomic E-state index is 0.0201. The number of nitrogens with zero attached hydrogens (tertiary/aromatic N) is 3. The molecule has 74 valence electrons. The Balaban J connectivity index is 2.63. The van der Waals surface area contributed by atoms with E-state index in [0.717, 1.165) is 6.07 Å². The van der Waals surface area contributed by atoms with Crippen LogP contribution in [0.25, 0.3) is 5.78 Å². The molecule has 0 fully saturated rings. The monoisotopic (exact) mass is 265 g/mol. The van der Waals surface area contributed by atoms with Gasteiger partial charge in [-0.15, -0.1) is 0 Å². The summed E-state index contributed by atoms with van der Waals surface area (Å²) < 4.78 is 38.6. The number of rotatable bonds is 0. The van der Waals surface area contributed by atoms with Crippen molar-refractivity contribution in [2.24, 2.45) is 0 Å². The normalized spacial score (nSPS) is 12.3. The number of imidazole rings is 1. The van der Waals surface area contributed by atoms with Crippen LogP contribution in [0.4, 0.5) is 13.2 Å². The molecule has 0 aliphatic heterocycles. The summed E-state index contributed by atoms with van der Waals surface area (Å²) in [5.41, 5.74) is -0.942. The van der Waals surface area contributed by atoms with Gasteiger partial charge in [0.1, 0.15) is 10.3 Å². The van der Waals surface area contributed by atoms with E-state index in [1.165, 1.54) is 16.8 Å². The first-order valence-electron chi connectivity index (χ1n) is 3.55. The molecule has 0 radical (unpaired) electrons. The van der Waals surface area contributed by atoms with Crippen LogP contribution in [0, 0.1) is 0 Å². The maximum Gasteiger partial charge on any atom is 0.433 e. The molecule has 14 heavy (non-hydrogen) atoms.